The van der Waals surface area contributed by atoms with Crippen molar-refractivity contribution in [1.82, 2.24) is 0 Å². The molecule has 94 valence electrons. The lowest BCUT2D eigenvalue weighted by Crippen LogP contribution is -2.12. The molecule has 0 aliphatic heterocycles. The molecule has 0 atom stereocenters. The summed E-state index contributed by atoms with van der Waals surface area (Å²) in [6.45, 7) is 3.96. The van der Waals surface area contributed by atoms with E-state index in [1.807, 2.05) is 31.4 Å². The molecule has 0 saturated carbocycles. The molecule has 0 fully saturated rings. The molecule has 1 amide bonds. The van der Waals surface area contributed by atoms with E-state index in [-0.39, 0.29) is 5.91 Å². The number of amides is 1. The van der Waals surface area contributed by atoms with Gasteiger partial charge in [-0.3, -0.25) is 4.79 Å². The van der Waals surface area contributed by atoms with Crippen LogP contribution in [0.4, 0.5) is 5.69 Å². The minimum absolute atomic E-state index is 0.0891. The number of carbonyl (C=O) groups is 1. The molecule has 0 bridgehead atoms. The van der Waals surface area contributed by atoms with Crippen molar-refractivity contribution in [2.75, 3.05) is 5.32 Å². The average Bonchev–Trinajstić information content (AvgIpc) is 2.70. The molecule has 1 aromatic carbocycles. The molecule has 0 unspecified atom stereocenters. The van der Waals surface area contributed by atoms with Crippen molar-refractivity contribution in [2.24, 2.45) is 0 Å². The van der Waals surface area contributed by atoms with Crippen molar-refractivity contribution in [2.45, 2.75) is 18.7 Å². The van der Waals surface area contributed by atoms with E-state index < -0.39 is 0 Å². The summed E-state index contributed by atoms with van der Waals surface area (Å²) in [5, 5.41) is 4.80. The fourth-order valence-electron chi connectivity index (χ4n) is 1.73. The van der Waals surface area contributed by atoms with Crippen LogP contribution in [0.25, 0.3) is 0 Å². The summed E-state index contributed by atoms with van der Waals surface area (Å²) >= 11 is 9.04. The molecule has 0 aliphatic carbocycles. The predicted molar refractivity (Wildman–Crippen MR) is 83.1 cm³/mol. The minimum Gasteiger partial charge on any atom is -0.321 e. The Balaban J connectivity index is 2.27. The van der Waals surface area contributed by atoms with Gasteiger partial charge in [-0.2, -0.15) is 0 Å². The maximum Gasteiger partial charge on any atom is 0.265 e. The fourth-order valence-corrected chi connectivity index (χ4v) is 3.46. The molecule has 18 heavy (non-hydrogen) atoms. The number of halogens is 1. The third kappa shape index (κ3) is 2.96. The molecule has 0 radical (unpaired) electrons. The van der Waals surface area contributed by atoms with E-state index in [0.717, 1.165) is 26.2 Å². The first-order valence-corrected chi connectivity index (χ1v) is 7.45. The molecular weight excluding hydrogens is 330 g/mol. The summed E-state index contributed by atoms with van der Waals surface area (Å²) in [7, 11) is 0. The second-order valence-electron chi connectivity index (χ2n) is 4.04. The zero-order valence-electron chi connectivity index (χ0n) is 9.95. The summed E-state index contributed by atoms with van der Waals surface area (Å²) in [6, 6.07) is 5.74. The summed E-state index contributed by atoms with van der Waals surface area (Å²) < 4.78 is 1.02. The Morgan fingerprint density at radius 2 is 1.89 bits per heavy atom. The summed E-state index contributed by atoms with van der Waals surface area (Å²) in [5.41, 5.74) is 2.95. The molecule has 5 heteroatoms. The van der Waals surface area contributed by atoms with E-state index in [9.17, 15) is 4.79 Å². The summed E-state index contributed by atoms with van der Waals surface area (Å²) in [5.74, 6) is -0.0891. The summed E-state index contributed by atoms with van der Waals surface area (Å²) in [6.07, 6.45) is 0. The number of thiol groups is 1. The average molecular weight is 342 g/mol. The Morgan fingerprint density at radius 1 is 1.28 bits per heavy atom. The molecule has 0 aliphatic rings. The van der Waals surface area contributed by atoms with Crippen LogP contribution in [0.1, 0.15) is 20.8 Å². The largest absolute Gasteiger partial charge is 0.321 e. The Labute approximate surface area is 124 Å². The monoisotopic (exact) mass is 341 g/mol. The smallest absolute Gasteiger partial charge is 0.265 e. The van der Waals surface area contributed by atoms with Crippen molar-refractivity contribution in [3.63, 3.8) is 0 Å². The van der Waals surface area contributed by atoms with E-state index in [1.54, 1.807) is 6.07 Å². The Bertz CT molecular complexity index is 584. The highest BCUT2D eigenvalue weighted by atomic mass is 79.9. The zero-order chi connectivity index (χ0) is 13.3. The Kier molecular flexibility index (Phi) is 4.14. The van der Waals surface area contributed by atoms with Crippen molar-refractivity contribution < 1.29 is 4.79 Å². The predicted octanol–water partition coefficient (Wildman–Crippen LogP) is 4.67. The number of aryl methyl sites for hydroxylation is 2. The van der Waals surface area contributed by atoms with Crippen LogP contribution in [0.5, 0.6) is 0 Å². The summed E-state index contributed by atoms with van der Waals surface area (Å²) in [4.78, 5) is 13.6. The van der Waals surface area contributed by atoms with Gasteiger partial charge in [0.25, 0.3) is 5.91 Å². The molecule has 1 N–H and O–H groups in total. The normalized spacial score (nSPS) is 10.4. The number of benzene rings is 1. The first-order valence-electron chi connectivity index (χ1n) is 5.33. The second kappa shape index (κ2) is 5.47. The Hall–Kier alpha value is -0.780. The molecule has 2 aromatic rings. The third-order valence-electron chi connectivity index (χ3n) is 2.55. The van der Waals surface area contributed by atoms with Crippen LogP contribution in [-0.2, 0) is 0 Å². The molecule has 0 saturated heterocycles. The minimum atomic E-state index is -0.0891. The topological polar surface area (TPSA) is 29.1 Å². The van der Waals surface area contributed by atoms with Crippen molar-refractivity contribution in [3.05, 3.63) is 44.1 Å². The molecule has 2 nitrogen and oxygen atoms in total. The van der Waals surface area contributed by atoms with Gasteiger partial charge in [0.05, 0.1) is 4.88 Å². The van der Waals surface area contributed by atoms with Gasteiger partial charge in [0.15, 0.2) is 0 Å². The van der Waals surface area contributed by atoms with Crippen LogP contribution >= 0.6 is 39.9 Å². The SMILES string of the molecule is Cc1cc(Br)cc(C)c1NC(=O)c1cc(S)cs1. The van der Waals surface area contributed by atoms with E-state index in [1.165, 1.54) is 11.3 Å². The van der Waals surface area contributed by atoms with E-state index in [0.29, 0.717) is 4.88 Å². The van der Waals surface area contributed by atoms with E-state index >= 15 is 0 Å². The highest BCUT2D eigenvalue weighted by Gasteiger charge is 2.12. The van der Waals surface area contributed by atoms with Gasteiger partial charge in [-0.15, -0.1) is 24.0 Å². The second-order valence-corrected chi connectivity index (χ2v) is 6.38. The van der Waals surface area contributed by atoms with Crippen molar-refractivity contribution in [1.29, 1.82) is 0 Å². The number of carbonyl (C=O) groups excluding carboxylic acids is 1. The first kappa shape index (κ1) is 13.6. The van der Waals surface area contributed by atoms with Gasteiger partial charge in [-0.05, 0) is 43.2 Å². The van der Waals surface area contributed by atoms with Crippen LogP contribution in [0.15, 0.2) is 32.9 Å². The number of hydrogen-bond donors (Lipinski definition) is 2. The van der Waals surface area contributed by atoms with Crippen LogP contribution in [0.2, 0.25) is 0 Å². The highest BCUT2D eigenvalue weighted by molar-refractivity contribution is 9.10. The molecule has 2 rings (SSSR count). The molecular formula is C13H12BrNOS2. The van der Waals surface area contributed by atoms with E-state index in [4.69, 9.17) is 0 Å². The zero-order valence-corrected chi connectivity index (χ0v) is 13.2. The van der Waals surface area contributed by atoms with E-state index in [2.05, 4.69) is 33.9 Å². The van der Waals surface area contributed by atoms with Gasteiger partial charge in [-0.25, -0.2) is 0 Å². The van der Waals surface area contributed by atoms with Gasteiger partial charge in [-0.1, -0.05) is 15.9 Å². The van der Waals surface area contributed by atoms with Crippen LogP contribution in [0, 0.1) is 13.8 Å². The van der Waals surface area contributed by atoms with Gasteiger partial charge in [0, 0.05) is 20.4 Å². The number of hydrogen-bond acceptors (Lipinski definition) is 3. The lowest BCUT2D eigenvalue weighted by Gasteiger charge is -2.11. The number of anilines is 1. The van der Waals surface area contributed by atoms with Crippen LogP contribution in [0.3, 0.4) is 0 Å². The maximum atomic E-state index is 12.1. The van der Waals surface area contributed by atoms with Gasteiger partial charge in [0.2, 0.25) is 0 Å². The maximum absolute atomic E-state index is 12.1. The third-order valence-corrected chi connectivity index (χ3v) is 4.37. The highest BCUT2D eigenvalue weighted by Crippen LogP contribution is 2.26. The standard InChI is InChI=1S/C13H12BrNOS2/c1-7-3-9(14)4-8(2)12(7)15-13(16)11-5-10(17)6-18-11/h3-6,17H,1-2H3,(H,15,16). The van der Waals surface area contributed by atoms with Gasteiger partial charge in [0.1, 0.15) is 0 Å². The lowest BCUT2D eigenvalue weighted by molar-refractivity contribution is 0.103. The first-order chi connectivity index (χ1) is 8.47. The van der Waals surface area contributed by atoms with Gasteiger partial charge < -0.3 is 5.32 Å². The Morgan fingerprint density at radius 3 is 2.39 bits per heavy atom. The van der Waals surface area contributed by atoms with Gasteiger partial charge >= 0.3 is 0 Å². The van der Waals surface area contributed by atoms with Crippen molar-refractivity contribution >= 4 is 51.5 Å². The number of rotatable bonds is 2. The lowest BCUT2D eigenvalue weighted by atomic mass is 10.1. The van der Waals surface area contributed by atoms with Crippen LogP contribution in [-0.4, -0.2) is 5.91 Å². The number of thiophene rings is 1. The number of nitrogens with one attached hydrogen (secondary N) is 1. The molecule has 1 heterocycles. The van der Waals surface area contributed by atoms with Crippen LogP contribution < -0.4 is 5.32 Å². The molecule has 1 aromatic heterocycles. The molecule has 0 spiro atoms. The van der Waals surface area contributed by atoms with Crippen molar-refractivity contribution in [3.8, 4) is 0 Å². The fraction of sp³-hybridized carbons (Fsp3) is 0.154. The quantitative estimate of drug-likeness (QED) is 0.763.